The Kier molecular flexibility index (Phi) is 5.11. The molecule has 0 amide bonds. The molecule has 0 heterocycles. The molecule has 0 aliphatic rings. The van der Waals surface area contributed by atoms with Gasteiger partial charge in [0.15, 0.2) is 0 Å². The second kappa shape index (κ2) is 6.12. The summed E-state index contributed by atoms with van der Waals surface area (Å²) in [6, 6.07) is 7.41. The van der Waals surface area contributed by atoms with Crippen LogP contribution in [0.4, 0.5) is 0 Å². The van der Waals surface area contributed by atoms with Crippen LogP contribution >= 0.6 is 12.6 Å². The number of nitrogens with two attached hydrogens (primary N) is 1. The van der Waals surface area contributed by atoms with E-state index in [1.807, 2.05) is 18.2 Å². The summed E-state index contributed by atoms with van der Waals surface area (Å²) in [7, 11) is 0. The van der Waals surface area contributed by atoms with Gasteiger partial charge in [-0.2, -0.15) is 12.6 Å². The molecule has 84 valence electrons. The van der Waals surface area contributed by atoms with Crippen LogP contribution in [0.3, 0.4) is 0 Å². The topological polar surface area (TPSA) is 66.5 Å². The van der Waals surface area contributed by atoms with Crippen LogP contribution in [0.2, 0.25) is 0 Å². The van der Waals surface area contributed by atoms with Crippen LogP contribution in [-0.2, 0) is 5.75 Å². The van der Waals surface area contributed by atoms with Gasteiger partial charge >= 0.3 is 0 Å². The van der Waals surface area contributed by atoms with Crippen molar-refractivity contribution in [1.82, 2.24) is 0 Å². The highest BCUT2D eigenvalue weighted by Gasteiger charge is 2.17. The SMILES string of the molecule is NCCC(O)C(O)c1cccc(CS)c1. The number of benzene rings is 1. The van der Waals surface area contributed by atoms with Crippen molar-refractivity contribution in [3.8, 4) is 0 Å². The molecule has 0 radical (unpaired) electrons. The normalized spacial score (nSPS) is 14.9. The highest BCUT2D eigenvalue weighted by molar-refractivity contribution is 7.79. The first kappa shape index (κ1) is 12.5. The van der Waals surface area contributed by atoms with Crippen molar-refractivity contribution < 1.29 is 10.2 Å². The van der Waals surface area contributed by atoms with Crippen molar-refractivity contribution in [3.05, 3.63) is 35.4 Å². The number of hydrogen-bond donors (Lipinski definition) is 4. The molecule has 1 rings (SSSR count). The Morgan fingerprint density at radius 3 is 2.67 bits per heavy atom. The van der Waals surface area contributed by atoms with E-state index in [9.17, 15) is 10.2 Å². The standard InChI is InChI=1S/C11H17NO2S/c12-5-4-10(13)11(14)9-3-1-2-8(6-9)7-15/h1-3,6,10-11,13-15H,4-5,7,12H2. The van der Waals surface area contributed by atoms with E-state index in [4.69, 9.17) is 5.73 Å². The summed E-state index contributed by atoms with van der Waals surface area (Å²) in [5.74, 6) is 0.619. The zero-order valence-corrected chi connectivity index (χ0v) is 9.40. The minimum absolute atomic E-state index is 0.366. The average molecular weight is 227 g/mol. The van der Waals surface area contributed by atoms with Crippen LogP contribution in [0.1, 0.15) is 23.7 Å². The largest absolute Gasteiger partial charge is 0.390 e. The van der Waals surface area contributed by atoms with E-state index in [1.165, 1.54) is 0 Å². The van der Waals surface area contributed by atoms with Gasteiger partial charge in [0.2, 0.25) is 0 Å². The summed E-state index contributed by atoms with van der Waals surface area (Å²) in [6.45, 7) is 0.366. The molecular weight excluding hydrogens is 210 g/mol. The van der Waals surface area contributed by atoms with Gasteiger partial charge in [0.1, 0.15) is 6.10 Å². The van der Waals surface area contributed by atoms with Gasteiger partial charge in [-0.05, 0) is 24.1 Å². The summed E-state index contributed by atoms with van der Waals surface area (Å²) in [6.07, 6.45) is -1.27. The quantitative estimate of drug-likeness (QED) is 0.564. The molecule has 4 N–H and O–H groups in total. The first-order chi connectivity index (χ1) is 7.19. The Morgan fingerprint density at radius 2 is 2.07 bits per heavy atom. The number of aliphatic hydroxyl groups is 2. The van der Waals surface area contributed by atoms with Crippen LogP contribution in [-0.4, -0.2) is 22.9 Å². The maximum Gasteiger partial charge on any atom is 0.105 e. The minimum Gasteiger partial charge on any atom is -0.390 e. The van der Waals surface area contributed by atoms with Crippen LogP contribution in [0.15, 0.2) is 24.3 Å². The third-order valence-electron chi connectivity index (χ3n) is 2.30. The van der Waals surface area contributed by atoms with E-state index in [0.717, 1.165) is 5.56 Å². The molecule has 1 aromatic carbocycles. The van der Waals surface area contributed by atoms with E-state index in [1.54, 1.807) is 6.07 Å². The molecule has 2 unspecified atom stereocenters. The third-order valence-corrected chi connectivity index (χ3v) is 2.67. The van der Waals surface area contributed by atoms with Gasteiger partial charge < -0.3 is 15.9 Å². The van der Waals surface area contributed by atoms with Gasteiger partial charge in [-0.3, -0.25) is 0 Å². The van der Waals surface area contributed by atoms with Crippen molar-refractivity contribution in [1.29, 1.82) is 0 Å². The molecule has 3 nitrogen and oxygen atoms in total. The van der Waals surface area contributed by atoms with Gasteiger partial charge in [-0.25, -0.2) is 0 Å². The maximum atomic E-state index is 9.81. The van der Waals surface area contributed by atoms with Crippen molar-refractivity contribution in [2.24, 2.45) is 5.73 Å². The van der Waals surface area contributed by atoms with E-state index in [0.29, 0.717) is 24.3 Å². The molecule has 1 aromatic rings. The van der Waals surface area contributed by atoms with Gasteiger partial charge in [-0.1, -0.05) is 24.3 Å². The smallest absolute Gasteiger partial charge is 0.105 e. The molecule has 0 bridgehead atoms. The second-order valence-corrected chi connectivity index (χ2v) is 3.81. The van der Waals surface area contributed by atoms with Gasteiger partial charge in [0, 0.05) is 5.75 Å². The fraction of sp³-hybridized carbons (Fsp3) is 0.455. The average Bonchev–Trinajstić information content (AvgIpc) is 2.28. The maximum absolute atomic E-state index is 9.81. The van der Waals surface area contributed by atoms with Gasteiger partial charge in [-0.15, -0.1) is 0 Å². The number of rotatable bonds is 5. The van der Waals surface area contributed by atoms with Crippen molar-refractivity contribution in [3.63, 3.8) is 0 Å². The molecule has 0 aliphatic heterocycles. The summed E-state index contributed by atoms with van der Waals surface area (Å²) < 4.78 is 0. The summed E-state index contributed by atoms with van der Waals surface area (Å²) in [5, 5.41) is 19.4. The number of aliphatic hydroxyl groups excluding tert-OH is 2. The van der Waals surface area contributed by atoms with Crippen LogP contribution < -0.4 is 5.73 Å². The zero-order chi connectivity index (χ0) is 11.3. The summed E-state index contributed by atoms with van der Waals surface area (Å²) in [4.78, 5) is 0. The van der Waals surface area contributed by atoms with Gasteiger partial charge in [0.25, 0.3) is 0 Å². The molecule has 0 fully saturated rings. The highest BCUT2D eigenvalue weighted by atomic mass is 32.1. The van der Waals surface area contributed by atoms with E-state index < -0.39 is 12.2 Å². The lowest BCUT2D eigenvalue weighted by molar-refractivity contribution is 0.0150. The number of hydrogen-bond acceptors (Lipinski definition) is 4. The van der Waals surface area contributed by atoms with E-state index in [2.05, 4.69) is 12.6 Å². The lowest BCUT2D eigenvalue weighted by atomic mass is 10.0. The second-order valence-electron chi connectivity index (χ2n) is 3.49. The Labute approximate surface area is 95.3 Å². The highest BCUT2D eigenvalue weighted by Crippen LogP contribution is 2.20. The fourth-order valence-electron chi connectivity index (χ4n) is 1.43. The molecule has 4 heteroatoms. The first-order valence-electron chi connectivity index (χ1n) is 4.95. The molecule has 0 aliphatic carbocycles. The Hall–Kier alpha value is -0.550. The molecule has 0 saturated heterocycles. The number of thiol groups is 1. The van der Waals surface area contributed by atoms with Crippen molar-refractivity contribution in [2.75, 3.05) is 6.54 Å². The van der Waals surface area contributed by atoms with E-state index >= 15 is 0 Å². The first-order valence-corrected chi connectivity index (χ1v) is 5.58. The third kappa shape index (κ3) is 3.50. The minimum atomic E-state index is -0.867. The van der Waals surface area contributed by atoms with Crippen molar-refractivity contribution in [2.45, 2.75) is 24.4 Å². The molecule has 15 heavy (non-hydrogen) atoms. The lowest BCUT2D eigenvalue weighted by Crippen LogP contribution is -2.21. The molecule has 0 aromatic heterocycles. The zero-order valence-electron chi connectivity index (χ0n) is 8.50. The monoisotopic (exact) mass is 227 g/mol. The predicted molar refractivity (Wildman–Crippen MR) is 63.8 cm³/mol. The molecule has 0 saturated carbocycles. The van der Waals surface area contributed by atoms with Crippen LogP contribution in [0.25, 0.3) is 0 Å². The Bertz CT molecular complexity index is 306. The lowest BCUT2D eigenvalue weighted by Gasteiger charge is -2.17. The Morgan fingerprint density at radius 1 is 1.33 bits per heavy atom. The molecular formula is C11H17NO2S. The predicted octanol–water partition coefficient (Wildman–Crippen LogP) is 0.859. The fourth-order valence-corrected chi connectivity index (χ4v) is 1.62. The summed E-state index contributed by atoms with van der Waals surface area (Å²) >= 11 is 4.15. The van der Waals surface area contributed by atoms with Crippen LogP contribution in [0, 0.1) is 0 Å². The molecule has 2 atom stereocenters. The van der Waals surface area contributed by atoms with Crippen LogP contribution in [0.5, 0.6) is 0 Å². The summed E-state index contributed by atoms with van der Waals surface area (Å²) in [5.41, 5.74) is 7.05. The Balaban J connectivity index is 2.76. The van der Waals surface area contributed by atoms with E-state index in [-0.39, 0.29) is 0 Å². The molecule has 0 spiro atoms. The van der Waals surface area contributed by atoms with Gasteiger partial charge in [0.05, 0.1) is 6.10 Å². The van der Waals surface area contributed by atoms with Crippen molar-refractivity contribution >= 4 is 12.6 Å².